The molecule has 2 rings (SSSR count). The van der Waals surface area contributed by atoms with Crippen molar-refractivity contribution in [2.45, 2.75) is 79.6 Å². The van der Waals surface area contributed by atoms with Crippen molar-refractivity contribution in [1.29, 1.82) is 0 Å². The smallest absolute Gasteiger partial charge is 0.394 e. The van der Waals surface area contributed by atoms with E-state index in [2.05, 4.69) is 47.1 Å². The Hall–Kier alpha value is -6.40. The van der Waals surface area contributed by atoms with E-state index in [-0.39, 0.29) is 24.2 Å². The van der Waals surface area contributed by atoms with Crippen molar-refractivity contribution < 1.29 is 61.8 Å². The van der Waals surface area contributed by atoms with Crippen molar-refractivity contribution in [3.8, 4) is 24.2 Å². The summed E-state index contributed by atoms with van der Waals surface area (Å²) in [7, 11) is 5.33. The Bertz CT molecular complexity index is 1920. The number of carboxylic acid groups (broad SMARTS) is 1. The van der Waals surface area contributed by atoms with Gasteiger partial charge in [0.2, 0.25) is 0 Å². The second kappa shape index (κ2) is 40.4. The number of nitro benzene ring substituents is 4. The number of carboxylic acids is 1. The number of non-ortho nitro benzene ring substituents is 2. The topological polar surface area (TPSA) is 331 Å². The van der Waals surface area contributed by atoms with Crippen molar-refractivity contribution >= 4 is 79.8 Å². The molecule has 0 aliphatic carbocycles. The van der Waals surface area contributed by atoms with E-state index in [0.717, 1.165) is 81.6 Å². The first-order valence-electron chi connectivity index (χ1n) is 17.2. The molecule has 61 heavy (non-hydrogen) atoms. The molecule has 0 bridgehead atoms. The number of carbonyl (C=O) groups excluding carboxylic acids is 1. The second-order valence-electron chi connectivity index (χ2n) is 10.7. The number of benzene rings is 2. The summed E-state index contributed by atoms with van der Waals surface area (Å²) in [6.45, 7) is 6.61. The van der Waals surface area contributed by atoms with Crippen LogP contribution >= 0.6 is 0 Å². The number of terminal acetylenes is 1. The molecule has 0 amide bonds. The van der Waals surface area contributed by atoms with Gasteiger partial charge in [-0.15, -0.1) is 6.42 Å². The number of unbranched alkanes of at least 4 members (excludes halogenated alkanes) is 6. The molecule has 0 aliphatic rings. The van der Waals surface area contributed by atoms with Gasteiger partial charge in [-0.2, -0.15) is 8.42 Å². The Morgan fingerprint density at radius 1 is 0.787 bits per heavy atom. The molecule has 21 nitrogen and oxygen atoms in total. The van der Waals surface area contributed by atoms with Gasteiger partial charge in [0.1, 0.15) is 0 Å². The van der Waals surface area contributed by atoms with Crippen LogP contribution in [0.1, 0.15) is 90.7 Å². The number of hydrogen-bond acceptors (Lipinski definition) is 14. The predicted octanol–water partition coefficient (Wildman–Crippen LogP) is 6.28. The summed E-state index contributed by atoms with van der Waals surface area (Å²) in [6, 6.07) is 6.19. The van der Waals surface area contributed by atoms with Gasteiger partial charge in [0.05, 0.1) is 49.6 Å². The number of aliphatic hydroxyl groups is 1. The molecule has 2 aromatic carbocycles. The van der Waals surface area contributed by atoms with Crippen LogP contribution in [0.2, 0.25) is 0 Å². The van der Waals surface area contributed by atoms with Crippen LogP contribution in [0.3, 0.4) is 0 Å². The molecule has 0 fully saturated rings. The maximum Gasteiger partial charge on any atom is 0.394 e. The van der Waals surface area contributed by atoms with E-state index in [1.54, 1.807) is 6.92 Å². The summed E-state index contributed by atoms with van der Waals surface area (Å²) >= 11 is 0. The van der Waals surface area contributed by atoms with Gasteiger partial charge in [-0.05, 0) is 55.9 Å². The fourth-order valence-corrected chi connectivity index (χ4v) is 3.57. The Morgan fingerprint density at radius 2 is 1.18 bits per heavy atom. The molecule has 25 heteroatoms. The van der Waals surface area contributed by atoms with E-state index < -0.39 is 59.1 Å². The SMILES string of the molecule is C.C#CC#CC.CCCCCCO.CCCCCCOC(=O)/C=C/c1ccc([N+](=O)[O-])cc1[N+](=O)[O-].O=C(O)/C=C/c1ccc([N+](=O)[O-])cc1[N+](=O)[O-].O=S(=O)(O)O.[B][B][B]. The number of aliphatic hydroxyl groups excluding tert-OH is 1. The van der Waals surface area contributed by atoms with E-state index >= 15 is 0 Å². The standard InChI is InChI=1S/C15H18N2O6.C9H6N2O6.C6H14O.C5H4.CH4.B3.H2O4S/c1-2-3-4-5-10-23-15(18)9-7-12-6-8-13(16(19)20)11-14(12)17(21)22;12-9(13)4-2-6-1-3-7(10(14)15)5-8(6)11(16)17;1-2-3-4-5-6-7;1-3-5-4-2;;1-3-2;1-5(2,3)4/h6-9,11H,2-5,10H2,1H3;1-5H,(H,12,13);7H,2-6H2,1H3;1H,2H3;1H4;;(H2,1,2,3,4)/b9-7+;4-2+;;;;;. The molecule has 2 aromatic rings. The first-order valence-corrected chi connectivity index (χ1v) is 18.6. The van der Waals surface area contributed by atoms with E-state index in [1.165, 1.54) is 31.4 Å². The first kappa shape index (κ1) is 63.8. The van der Waals surface area contributed by atoms with Crippen molar-refractivity contribution in [2.24, 2.45) is 0 Å². The lowest BCUT2D eigenvalue weighted by Gasteiger charge is -2.01. The van der Waals surface area contributed by atoms with Crippen LogP contribution in [0, 0.1) is 64.6 Å². The normalized spacial score (nSPS) is 9.39. The van der Waals surface area contributed by atoms with Crippen LogP contribution in [-0.2, 0) is 24.7 Å². The van der Waals surface area contributed by atoms with E-state index in [9.17, 15) is 50.0 Å². The number of esters is 1. The molecule has 0 heterocycles. The molecule has 0 unspecified atom stereocenters. The zero-order chi connectivity index (χ0) is 47.1. The molecule has 0 aliphatic heterocycles. The lowest BCUT2D eigenvalue weighted by atomic mass is 9.40. The third-order valence-corrected chi connectivity index (χ3v) is 6.10. The van der Waals surface area contributed by atoms with Gasteiger partial charge in [0.25, 0.3) is 22.7 Å². The van der Waals surface area contributed by atoms with Crippen LogP contribution in [0.15, 0.2) is 48.6 Å². The average Bonchev–Trinajstić information content (AvgIpc) is 3.16. The summed E-state index contributed by atoms with van der Waals surface area (Å²) in [5.74, 6) is 5.21. The van der Waals surface area contributed by atoms with Crippen molar-refractivity contribution in [3.05, 3.63) is 100 Å². The minimum absolute atomic E-state index is 0. The molecular weight excluding hydrogens is 825 g/mol. The molecular formula is C36H48B3N4O17S. The Morgan fingerprint density at radius 3 is 1.48 bits per heavy atom. The van der Waals surface area contributed by atoms with Crippen molar-refractivity contribution in [1.82, 2.24) is 0 Å². The predicted molar refractivity (Wildman–Crippen MR) is 232 cm³/mol. The maximum atomic E-state index is 11.5. The van der Waals surface area contributed by atoms with Gasteiger partial charge in [-0.3, -0.25) is 49.6 Å². The fourth-order valence-electron chi connectivity index (χ4n) is 3.57. The van der Waals surface area contributed by atoms with Gasteiger partial charge < -0.3 is 14.9 Å². The molecule has 329 valence electrons. The lowest BCUT2D eigenvalue weighted by Crippen LogP contribution is -2.02. The molecule has 0 saturated heterocycles. The van der Waals surface area contributed by atoms with E-state index in [1.807, 2.05) is 0 Å². The second-order valence-corrected chi connectivity index (χ2v) is 11.6. The minimum Gasteiger partial charge on any atom is -0.478 e. The number of nitro groups is 4. The Balaban J connectivity index is -0.000000239. The number of rotatable bonds is 17. The number of ether oxygens (including phenoxy) is 1. The highest BCUT2D eigenvalue weighted by atomic mass is 32.3. The zero-order valence-corrected chi connectivity index (χ0v) is 33.8. The highest BCUT2D eigenvalue weighted by Crippen LogP contribution is 2.26. The highest BCUT2D eigenvalue weighted by molar-refractivity contribution is 7.79. The minimum atomic E-state index is -4.67. The lowest BCUT2D eigenvalue weighted by molar-refractivity contribution is -0.394. The van der Waals surface area contributed by atoms with Crippen LogP contribution in [-0.4, -0.2) is 95.1 Å². The van der Waals surface area contributed by atoms with Crippen molar-refractivity contribution in [2.75, 3.05) is 13.2 Å². The highest BCUT2D eigenvalue weighted by Gasteiger charge is 2.19. The number of carbonyl (C=O) groups is 2. The fraction of sp³-hybridized carbons (Fsp3) is 0.389. The monoisotopic (exact) mass is 873 g/mol. The van der Waals surface area contributed by atoms with Gasteiger partial charge in [-0.1, -0.05) is 65.7 Å². The quantitative estimate of drug-likeness (QED) is 0.0198. The summed E-state index contributed by atoms with van der Waals surface area (Å²) in [6.07, 6.45) is 17.3. The summed E-state index contributed by atoms with van der Waals surface area (Å²) < 4.78 is 36.6. The van der Waals surface area contributed by atoms with Gasteiger partial charge in [-0.25, -0.2) is 9.59 Å². The third-order valence-electron chi connectivity index (χ3n) is 6.10. The van der Waals surface area contributed by atoms with E-state index in [4.69, 9.17) is 38.9 Å². The van der Waals surface area contributed by atoms with Crippen LogP contribution in [0.25, 0.3) is 12.2 Å². The van der Waals surface area contributed by atoms with Crippen molar-refractivity contribution in [3.63, 3.8) is 0 Å². The summed E-state index contributed by atoms with van der Waals surface area (Å²) in [4.78, 5) is 61.4. The van der Waals surface area contributed by atoms with Crippen LogP contribution < -0.4 is 0 Å². The third kappa shape index (κ3) is 41.6. The molecule has 0 spiro atoms. The number of nitrogens with zero attached hydrogens (tertiary/aromatic N) is 4. The summed E-state index contributed by atoms with van der Waals surface area (Å²) in [5, 5.41) is 59.3. The van der Waals surface area contributed by atoms with Crippen LogP contribution in [0.4, 0.5) is 22.7 Å². The van der Waals surface area contributed by atoms with Gasteiger partial charge >= 0.3 is 22.3 Å². The molecule has 5 radical (unpaired) electrons. The number of aliphatic carboxylic acids is 1. The first-order chi connectivity index (χ1) is 28.1. The Labute approximate surface area is 357 Å². The maximum absolute atomic E-state index is 11.5. The van der Waals surface area contributed by atoms with Gasteiger partial charge in [0.15, 0.2) is 0 Å². The summed E-state index contributed by atoms with van der Waals surface area (Å²) in [5.41, 5.74) is -1.68. The molecule has 0 aromatic heterocycles. The molecule has 4 N–H and O–H groups in total. The molecule has 0 atom stereocenters. The van der Waals surface area contributed by atoms with Crippen LogP contribution in [0.5, 0.6) is 0 Å². The van der Waals surface area contributed by atoms with E-state index in [0.29, 0.717) is 19.3 Å². The Kier molecular flexibility index (Phi) is 42.2. The van der Waals surface area contributed by atoms with Gasteiger partial charge in [0, 0.05) is 53.4 Å². The number of hydrogen-bond donors (Lipinski definition) is 4. The largest absolute Gasteiger partial charge is 0.478 e. The average molecular weight is 873 g/mol. The molecule has 0 saturated carbocycles. The zero-order valence-electron chi connectivity index (χ0n) is 32.9.